The van der Waals surface area contributed by atoms with Crippen molar-refractivity contribution in [2.45, 2.75) is 12.9 Å². The molecule has 2 aliphatic rings. The van der Waals surface area contributed by atoms with Crippen LogP contribution in [0.4, 0.5) is 30.2 Å². The minimum Gasteiger partial charge on any atom is -0.406 e. The lowest BCUT2D eigenvalue weighted by Gasteiger charge is -2.36. The number of nitrogens with zero attached hydrogens (tertiary/aromatic N) is 3. The van der Waals surface area contributed by atoms with Crippen molar-refractivity contribution in [1.29, 1.82) is 0 Å². The lowest BCUT2D eigenvalue weighted by Crippen LogP contribution is -2.48. The molecule has 0 aromatic heterocycles. The Kier molecular flexibility index (Phi) is 6.10. The fraction of sp³-hybridized carbons (Fsp3) is 0.240. The smallest absolute Gasteiger partial charge is 0.406 e. The van der Waals surface area contributed by atoms with Crippen LogP contribution in [0.5, 0.6) is 5.75 Å². The van der Waals surface area contributed by atoms with Gasteiger partial charge in [-0.1, -0.05) is 35.9 Å². The van der Waals surface area contributed by atoms with Gasteiger partial charge >= 0.3 is 6.36 Å². The Balaban J connectivity index is 1.32. The Morgan fingerprint density at radius 2 is 1.71 bits per heavy atom. The van der Waals surface area contributed by atoms with Gasteiger partial charge in [0.15, 0.2) is 0 Å². The van der Waals surface area contributed by atoms with Gasteiger partial charge in [-0.25, -0.2) is 4.99 Å². The Morgan fingerprint density at radius 3 is 2.50 bits per heavy atom. The summed E-state index contributed by atoms with van der Waals surface area (Å²) >= 11 is 6.23. The van der Waals surface area contributed by atoms with Gasteiger partial charge in [-0.2, -0.15) is 0 Å². The molecule has 1 fully saturated rings. The average Bonchev–Trinajstić information content (AvgIpc) is 2.95. The van der Waals surface area contributed by atoms with Gasteiger partial charge < -0.3 is 15.0 Å². The highest BCUT2D eigenvalue weighted by atomic mass is 35.5. The quantitative estimate of drug-likeness (QED) is 0.479. The van der Waals surface area contributed by atoms with E-state index in [-0.39, 0.29) is 5.75 Å². The lowest BCUT2D eigenvalue weighted by molar-refractivity contribution is -0.274. The molecule has 0 atom stereocenters. The van der Waals surface area contributed by atoms with Crippen LogP contribution in [0.25, 0.3) is 0 Å². The fourth-order valence-electron chi connectivity index (χ4n) is 4.27. The van der Waals surface area contributed by atoms with E-state index < -0.39 is 6.36 Å². The number of amidine groups is 1. The van der Waals surface area contributed by atoms with E-state index in [1.165, 1.54) is 12.1 Å². The standard InChI is InChI=1S/C25H22ClF3N4O/c26-18-8-9-22-23(15-18)31-24(20-6-1-2-7-21(20)30-22)33-12-10-32(11-13-33)16-17-4-3-5-19(14-17)34-25(27,28)29/h1-9,14-15,30H,10-13,16H2. The highest BCUT2D eigenvalue weighted by molar-refractivity contribution is 6.31. The number of halogens is 4. The summed E-state index contributed by atoms with van der Waals surface area (Å²) in [6.07, 6.45) is -4.70. The second-order valence-corrected chi connectivity index (χ2v) is 8.66. The molecular formula is C25H22ClF3N4O. The molecule has 0 aliphatic carbocycles. The van der Waals surface area contributed by atoms with E-state index in [1.807, 2.05) is 48.5 Å². The number of fused-ring (bicyclic) bond motifs is 2. The number of alkyl halides is 3. The molecule has 0 spiro atoms. The van der Waals surface area contributed by atoms with E-state index in [0.717, 1.165) is 60.2 Å². The summed E-state index contributed by atoms with van der Waals surface area (Å²) in [5.41, 5.74) is 4.45. The van der Waals surface area contributed by atoms with Crippen LogP contribution in [0.15, 0.2) is 71.7 Å². The molecule has 0 amide bonds. The zero-order chi connectivity index (χ0) is 23.7. The maximum Gasteiger partial charge on any atom is 0.573 e. The van der Waals surface area contributed by atoms with Gasteiger partial charge in [0, 0.05) is 49.0 Å². The minimum atomic E-state index is -4.70. The summed E-state index contributed by atoms with van der Waals surface area (Å²) < 4.78 is 41.7. The summed E-state index contributed by atoms with van der Waals surface area (Å²) in [6, 6.07) is 19.8. The van der Waals surface area contributed by atoms with Crippen molar-refractivity contribution < 1.29 is 17.9 Å². The molecule has 176 valence electrons. The molecule has 3 aromatic rings. The number of rotatable bonds is 3. The highest BCUT2D eigenvalue weighted by Gasteiger charge is 2.31. The van der Waals surface area contributed by atoms with Crippen LogP contribution in [-0.4, -0.2) is 48.2 Å². The summed E-state index contributed by atoms with van der Waals surface area (Å²) in [7, 11) is 0. The van der Waals surface area contributed by atoms with Gasteiger partial charge in [0.25, 0.3) is 0 Å². The fourth-order valence-corrected chi connectivity index (χ4v) is 4.43. The molecule has 2 aliphatic heterocycles. The van der Waals surface area contributed by atoms with Gasteiger partial charge in [0.05, 0.1) is 11.4 Å². The van der Waals surface area contributed by atoms with Crippen LogP contribution in [0, 0.1) is 0 Å². The first kappa shape index (κ1) is 22.6. The topological polar surface area (TPSA) is 40.1 Å². The summed E-state index contributed by atoms with van der Waals surface area (Å²) in [5.74, 6) is 0.683. The highest BCUT2D eigenvalue weighted by Crippen LogP contribution is 2.36. The predicted octanol–water partition coefficient (Wildman–Crippen LogP) is 6.19. The van der Waals surface area contributed by atoms with E-state index in [9.17, 15) is 13.2 Å². The zero-order valence-corrected chi connectivity index (χ0v) is 18.9. The number of nitrogens with one attached hydrogen (secondary N) is 1. The van der Waals surface area contributed by atoms with Crippen molar-refractivity contribution in [3.8, 4) is 5.75 Å². The first-order valence-electron chi connectivity index (χ1n) is 10.9. The van der Waals surface area contributed by atoms with Gasteiger partial charge in [-0.15, -0.1) is 13.2 Å². The Morgan fingerprint density at radius 1 is 0.912 bits per heavy atom. The number of benzene rings is 3. The number of ether oxygens (including phenoxy) is 1. The third-order valence-corrected chi connectivity index (χ3v) is 6.07. The normalized spacial score (nSPS) is 16.1. The number of hydrogen-bond acceptors (Lipinski definition) is 5. The van der Waals surface area contributed by atoms with E-state index in [0.29, 0.717) is 11.6 Å². The molecule has 1 saturated heterocycles. The van der Waals surface area contributed by atoms with Gasteiger partial charge in [-0.05, 0) is 48.0 Å². The van der Waals surface area contributed by atoms with Crippen molar-refractivity contribution in [3.05, 3.63) is 82.9 Å². The number of anilines is 2. The summed E-state index contributed by atoms with van der Waals surface area (Å²) in [6.45, 7) is 3.53. The largest absolute Gasteiger partial charge is 0.573 e. The van der Waals surface area contributed by atoms with Crippen LogP contribution in [0.1, 0.15) is 11.1 Å². The molecule has 1 N–H and O–H groups in total. The van der Waals surface area contributed by atoms with Gasteiger partial charge in [0.1, 0.15) is 11.6 Å². The van der Waals surface area contributed by atoms with Crippen molar-refractivity contribution in [2.75, 3.05) is 31.5 Å². The van der Waals surface area contributed by atoms with Crippen LogP contribution in [-0.2, 0) is 6.54 Å². The third kappa shape index (κ3) is 5.13. The molecule has 5 rings (SSSR count). The second kappa shape index (κ2) is 9.19. The van der Waals surface area contributed by atoms with Gasteiger partial charge in [0.2, 0.25) is 0 Å². The first-order valence-corrected chi connectivity index (χ1v) is 11.3. The molecule has 3 aromatic carbocycles. The summed E-state index contributed by atoms with van der Waals surface area (Å²) in [5, 5.41) is 4.08. The van der Waals surface area contributed by atoms with Crippen LogP contribution >= 0.6 is 11.6 Å². The van der Waals surface area contributed by atoms with Crippen molar-refractivity contribution >= 4 is 34.5 Å². The zero-order valence-electron chi connectivity index (χ0n) is 18.1. The average molecular weight is 487 g/mol. The number of hydrogen-bond donors (Lipinski definition) is 1. The molecule has 0 radical (unpaired) electrons. The summed E-state index contributed by atoms with van der Waals surface area (Å²) in [4.78, 5) is 9.44. The Labute approximate surface area is 200 Å². The minimum absolute atomic E-state index is 0.196. The maximum absolute atomic E-state index is 12.5. The monoisotopic (exact) mass is 486 g/mol. The number of piperazine rings is 1. The van der Waals surface area contributed by atoms with Crippen LogP contribution in [0.2, 0.25) is 5.02 Å². The van der Waals surface area contributed by atoms with Gasteiger partial charge in [-0.3, -0.25) is 4.90 Å². The van der Waals surface area contributed by atoms with Crippen molar-refractivity contribution in [3.63, 3.8) is 0 Å². The van der Waals surface area contributed by atoms with E-state index in [4.69, 9.17) is 16.6 Å². The van der Waals surface area contributed by atoms with E-state index in [1.54, 1.807) is 6.07 Å². The molecular weight excluding hydrogens is 465 g/mol. The second-order valence-electron chi connectivity index (χ2n) is 8.23. The van der Waals surface area contributed by atoms with Crippen molar-refractivity contribution in [2.24, 2.45) is 4.99 Å². The SMILES string of the molecule is FC(F)(F)Oc1cccc(CN2CCN(C3=Nc4cc(Cl)ccc4Nc4ccccc43)CC2)c1. The molecule has 34 heavy (non-hydrogen) atoms. The Bertz CT molecular complexity index is 1220. The predicted molar refractivity (Wildman–Crippen MR) is 127 cm³/mol. The van der Waals surface area contributed by atoms with E-state index >= 15 is 0 Å². The Hall–Kier alpha value is -3.23. The van der Waals surface area contributed by atoms with E-state index in [2.05, 4.69) is 19.9 Å². The molecule has 0 unspecified atom stereocenters. The molecule has 9 heteroatoms. The number of para-hydroxylation sites is 1. The molecule has 0 saturated carbocycles. The molecule has 0 bridgehead atoms. The van der Waals surface area contributed by atoms with Crippen molar-refractivity contribution in [1.82, 2.24) is 9.80 Å². The van der Waals surface area contributed by atoms with Crippen LogP contribution < -0.4 is 10.1 Å². The maximum atomic E-state index is 12.5. The number of aliphatic imine (C=N–C) groups is 1. The lowest BCUT2D eigenvalue weighted by atomic mass is 10.1. The molecule has 5 nitrogen and oxygen atoms in total. The molecule has 2 heterocycles. The van der Waals surface area contributed by atoms with Crippen LogP contribution in [0.3, 0.4) is 0 Å². The first-order chi connectivity index (χ1) is 16.3. The third-order valence-electron chi connectivity index (χ3n) is 5.83.